The molecule has 0 spiro atoms. The standard InChI is InChI=1S/C19H26N2O3/c1-19(2,3)24-18(22)16-13-20-17-12-14(4-5-15(16)17)6-7-21-8-10-23-11-9-21/h4-5,12-13,20H,6-11H2,1-3H3. The number of hydrogen-bond donors (Lipinski definition) is 1. The predicted octanol–water partition coefficient (Wildman–Crippen LogP) is 3.00. The number of fused-ring (bicyclic) bond motifs is 1. The highest BCUT2D eigenvalue weighted by atomic mass is 16.6. The summed E-state index contributed by atoms with van der Waals surface area (Å²) < 4.78 is 10.8. The number of aromatic amines is 1. The third kappa shape index (κ3) is 4.16. The monoisotopic (exact) mass is 330 g/mol. The zero-order valence-electron chi connectivity index (χ0n) is 14.7. The number of morpholine rings is 1. The van der Waals surface area contributed by atoms with Gasteiger partial charge in [-0.2, -0.15) is 0 Å². The molecule has 1 N–H and O–H groups in total. The van der Waals surface area contributed by atoms with Gasteiger partial charge in [-0.3, -0.25) is 4.90 Å². The van der Waals surface area contributed by atoms with E-state index in [2.05, 4.69) is 22.0 Å². The molecule has 1 saturated heterocycles. The number of hydrogen-bond acceptors (Lipinski definition) is 4. The summed E-state index contributed by atoms with van der Waals surface area (Å²) in [5.74, 6) is -0.283. The number of aromatic nitrogens is 1. The Bertz CT molecular complexity index is 709. The maximum Gasteiger partial charge on any atom is 0.340 e. The van der Waals surface area contributed by atoms with E-state index in [1.54, 1.807) is 6.20 Å². The fraction of sp³-hybridized carbons (Fsp3) is 0.526. The van der Waals surface area contributed by atoms with Crippen LogP contribution in [0.2, 0.25) is 0 Å². The van der Waals surface area contributed by atoms with Crippen LogP contribution in [0.15, 0.2) is 24.4 Å². The quantitative estimate of drug-likeness (QED) is 0.876. The minimum Gasteiger partial charge on any atom is -0.456 e. The maximum atomic E-state index is 12.3. The van der Waals surface area contributed by atoms with E-state index in [0.717, 1.165) is 50.2 Å². The molecule has 3 rings (SSSR count). The molecule has 5 heteroatoms. The lowest BCUT2D eigenvalue weighted by molar-refractivity contribution is 0.00719. The maximum absolute atomic E-state index is 12.3. The van der Waals surface area contributed by atoms with Gasteiger partial charge in [0.15, 0.2) is 0 Å². The van der Waals surface area contributed by atoms with Gasteiger partial charge in [0.25, 0.3) is 0 Å². The van der Waals surface area contributed by atoms with Gasteiger partial charge in [0.05, 0.1) is 18.8 Å². The van der Waals surface area contributed by atoms with Crippen LogP contribution in [0.5, 0.6) is 0 Å². The SMILES string of the molecule is CC(C)(C)OC(=O)c1c[nH]c2cc(CCN3CCOCC3)ccc12. The number of esters is 1. The van der Waals surface area contributed by atoms with Gasteiger partial charge in [-0.15, -0.1) is 0 Å². The summed E-state index contributed by atoms with van der Waals surface area (Å²) in [4.78, 5) is 17.9. The van der Waals surface area contributed by atoms with E-state index in [1.807, 2.05) is 26.8 Å². The van der Waals surface area contributed by atoms with Crippen LogP contribution in [-0.2, 0) is 15.9 Å². The molecular formula is C19H26N2O3. The first-order chi connectivity index (χ1) is 11.4. The van der Waals surface area contributed by atoms with Crippen molar-refractivity contribution in [2.75, 3.05) is 32.8 Å². The molecule has 2 heterocycles. The Balaban J connectivity index is 1.69. The van der Waals surface area contributed by atoms with Crippen LogP contribution in [0.3, 0.4) is 0 Å². The molecule has 0 atom stereocenters. The van der Waals surface area contributed by atoms with Gasteiger partial charge in [0.2, 0.25) is 0 Å². The molecule has 130 valence electrons. The Morgan fingerprint density at radius 1 is 1.29 bits per heavy atom. The van der Waals surface area contributed by atoms with Crippen molar-refractivity contribution in [3.8, 4) is 0 Å². The number of carbonyl (C=O) groups is 1. The second-order valence-corrected chi connectivity index (χ2v) is 7.29. The summed E-state index contributed by atoms with van der Waals surface area (Å²) in [5.41, 5.74) is 2.36. The summed E-state index contributed by atoms with van der Waals surface area (Å²) in [6, 6.07) is 6.24. The van der Waals surface area contributed by atoms with E-state index >= 15 is 0 Å². The van der Waals surface area contributed by atoms with E-state index < -0.39 is 5.60 Å². The average Bonchev–Trinajstić information content (AvgIpc) is 2.95. The molecule has 1 aromatic heterocycles. The molecule has 1 aliphatic heterocycles. The van der Waals surface area contributed by atoms with Crippen molar-refractivity contribution in [1.29, 1.82) is 0 Å². The number of nitrogens with one attached hydrogen (secondary N) is 1. The Morgan fingerprint density at radius 3 is 2.75 bits per heavy atom. The molecule has 24 heavy (non-hydrogen) atoms. The molecule has 0 amide bonds. The number of benzene rings is 1. The van der Waals surface area contributed by atoms with Crippen molar-refractivity contribution in [3.63, 3.8) is 0 Å². The van der Waals surface area contributed by atoms with Crippen LogP contribution in [0, 0.1) is 0 Å². The number of rotatable bonds is 4. The molecule has 2 aromatic rings. The van der Waals surface area contributed by atoms with Crippen LogP contribution >= 0.6 is 0 Å². The van der Waals surface area contributed by atoms with E-state index in [0.29, 0.717) is 5.56 Å². The molecule has 1 fully saturated rings. The summed E-state index contributed by atoms with van der Waals surface area (Å²) in [6.45, 7) is 10.3. The lowest BCUT2D eigenvalue weighted by Crippen LogP contribution is -2.37. The fourth-order valence-electron chi connectivity index (χ4n) is 2.94. The molecular weight excluding hydrogens is 304 g/mol. The third-order valence-electron chi connectivity index (χ3n) is 4.19. The van der Waals surface area contributed by atoms with Gasteiger partial charge in [-0.1, -0.05) is 12.1 Å². The van der Waals surface area contributed by atoms with Crippen LogP contribution in [0.25, 0.3) is 10.9 Å². The van der Waals surface area contributed by atoms with E-state index in [1.165, 1.54) is 5.56 Å². The zero-order chi connectivity index (χ0) is 17.2. The first kappa shape index (κ1) is 17.0. The summed E-state index contributed by atoms with van der Waals surface area (Å²) in [5, 5.41) is 0.916. The highest BCUT2D eigenvalue weighted by Gasteiger charge is 2.20. The van der Waals surface area contributed by atoms with Crippen molar-refractivity contribution in [2.45, 2.75) is 32.8 Å². The molecule has 1 aromatic carbocycles. The molecule has 0 bridgehead atoms. The topological polar surface area (TPSA) is 54.6 Å². The van der Waals surface area contributed by atoms with Crippen molar-refractivity contribution in [2.24, 2.45) is 0 Å². The third-order valence-corrected chi connectivity index (χ3v) is 4.19. The van der Waals surface area contributed by atoms with Crippen molar-refractivity contribution >= 4 is 16.9 Å². The zero-order valence-corrected chi connectivity index (χ0v) is 14.7. The largest absolute Gasteiger partial charge is 0.456 e. The van der Waals surface area contributed by atoms with Crippen LogP contribution in [0.4, 0.5) is 0 Å². The van der Waals surface area contributed by atoms with E-state index in [9.17, 15) is 4.79 Å². The van der Waals surface area contributed by atoms with Crippen LogP contribution in [0.1, 0.15) is 36.7 Å². The lowest BCUT2D eigenvalue weighted by Gasteiger charge is -2.26. The second kappa shape index (κ2) is 6.95. The average molecular weight is 330 g/mol. The summed E-state index contributed by atoms with van der Waals surface area (Å²) in [7, 11) is 0. The highest BCUT2D eigenvalue weighted by Crippen LogP contribution is 2.22. The van der Waals surface area contributed by atoms with Gasteiger partial charge >= 0.3 is 5.97 Å². The fourth-order valence-corrected chi connectivity index (χ4v) is 2.94. The predicted molar refractivity (Wildman–Crippen MR) is 94.4 cm³/mol. The van der Waals surface area contributed by atoms with Crippen LogP contribution in [-0.4, -0.2) is 54.3 Å². The minimum atomic E-state index is -0.487. The van der Waals surface area contributed by atoms with Gasteiger partial charge in [0, 0.05) is 36.7 Å². The number of H-pyrrole nitrogens is 1. The van der Waals surface area contributed by atoms with E-state index in [-0.39, 0.29) is 5.97 Å². The molecule has 0 aliphatic carbocycles. The summed E-state index contributed by atoms with van der Waals surface area (Å²) >= 11 is 0. The molecule has 0 saturated carbocycles. The van der Waals surface area contributed by atoms with Gasteiger partial charge < -0.3 is 14.5 Å². The van der Waals surface area contributed by atoms with Gasteiger partial charge in [0.1, 0.15) is 5.60 Å². The Morgan fingerprint density at radius 2 is 2.04 bits per heavy atom. The molecule has 0 unspecified atom stereocenters. The molecule has 1 aliphatic rings. The molecule has 5 nitrogen and oxygen atoms in total. The lowest BCUT2D eigenvalue weighted by atomic mass is 10.1. The van der Waals surface area contributed by atoms with E-state index in [4.69, 9.17) is 9.47 Å². The smallest absolute Gasteiger partial charge is 0.340 e. The van der Waals surface area contributed by atoms with Gasteiger partial charge in [-0.25, -0.2) is 4.79 Å². The number of carbonyl (C=O) groups excluding carboxylic acids is 1. The Kier molecular flexibility index (Phi) is 4.92. The number of ether oxygens (including phenoxy) is 2. The van der Waals surface area contributed by atoms with Crippen molar-refractivity contribution in [3.05, 3.63) is 35.5 Å². The normalized spacial score (nSPS) is 16.5. The Hall–Kier alpha value is -1.85. The second-order valence-electron chi connectivity index (χ2n) is 7.29. The van der Waals surface area contributed by atoms with Crippen molar-refractivity contribution < 1.29 is 14.3 Å². The minimum absolute atomic E-state index is 0.283. The highest BCUT2D eigenvalue weighted by molar-refractivity contribution is 6.04. The first-order valence-corrected chi connectivity index (χ1v) is 8.56. The van der Waals surface area contributed by atoms with Crippen LogP contribution < -0.4 is 0 Å². The Labute approximate surface area is 142 Å². The molecule has 0 radical (unpaired) electrons. The number of nitrogens with zero attached hydrogens (tertiary/aromatic N) is 1. The summed E-state index contributed by atoms with van der Waals surface area (Å²) in [6.07, 6.45) is 2.74. The first-order valence-electron chi connectivity index (χ1n) is 8.56. The van der Waals surface area contributed by atoms with Crippen molar-refractivity contribution in [1.82, 2.24) is 9.88 Å². The van der Waals surface area contributed by atoms with Gasteiger partial charge in [-0.05, 0) is 38.8 Å².